The number of hydrogen-bond donors (Lipinski definition) is 3. The van der Waals surface area contributed by atoms with Gasteiger partial charge in [-0.15, -0.1) is 0 Å². The highest BCUT2D eigenvalue weighted by Gasteiger charge is 2.13. The van der Waals surface area contributed by atoms with E-state index in [-0.39, 0.29) is 11.1 Å². The van der Waals surface area contributed by atoms with Gasteiger partial charge in [0, 0.05) is 11.5 Å². The lowest BCUT2D eigenvalue weighted by Crippen LogP contribution is -2.16. The SMILES string of the molecule is O=C(O)c1ccc(NN=Cc2cc3cc4c(cc3[nH]c2=O)OCCO4)cc1. The summed E-state index contributed by atoms with van der Waals surface area (Å²) >= 11 is 0. The number of fused-ring (bicyclic) bond motifs is 2. The Morgan fingerprint density at radius 1 is 1.11 bits per heavy atom. The molecule has 3 N–H and O–H groups in total. The number of aromatic nitrogens is 1. The highest BCUT2D eigenvalue weighted by molar-refractivity contribution is 5.90. The first-order valence-electron chi connectivity index (χ1n) is 8.19. The lowest BCUT2D eigenvalue weighted by molar-refractivity contribution is 0.0697. The second kappa shape index (κ2) is 6.83. The molecule has 0 fully saturated rings. The van der Waals surface area contributed by atoms with Gasteiger partial charge in [0.15, 0.2) is 11.5 Å². The van der Waals surface area contributed by atoms with E-state index in [0.717, 1.165) is 5.39 Å². The molecule has 0 spiro atoms. The molecule has 8 nitrogen and oxygen atoms in total. The van der Waals surface area contributed by atoms with Crippen molar-refractivity contribution in [3.05, 3.63) is 63.9 Å². The third-order valence-electron chi connectivity index (χ3n) is 4.06. The number of benzene rings is 2. The monoisotopic (exact) mass is 365 g/mol. The Balaban J connectivity index is 1.57. The van der Waals surface area contributed by atoms with Crippen molar-refractivity contribution in [1.82, 2.24) is 4.98 Å². The van der Waals surface area contributed by atoms with Crippen molar-refractivity contribution in [2.24, 2.45) is 5.10 Å². The number of carboxylic acid groups (broad SMARTS) is 1. The highest BCUT2D eigenvalue weighted by Crippen LogP contribution is 2.33. The maximum Gasteiger partial charge on any atom is 0.335 e. The van der Waals surface area contributed by atoms with Crippen LogP contribution >= 0.6 is 0 Å². The summed E-state index contributed by atoms with van der Waals surface area (Å²) in [6, 6.07) is 11.4. The van der Waals surface area contributed by atoms with Gasteiger partial charge >= 0.3 is 5.97 Å². The fourth-order valence-corrected chi connectivity index (χ4v) is 2.72. The lowest BCUT2D eigenvalue weighted by atomic mass is 10.1. The van der Waals surface area contributed by atoms with Gasteiger partial charge in [0.05, 0.1) is 28.5 Å². The smallest absolute Gasteiger partial charge is 0.335 e. The quantitative estimate of drug-likeness (QED) is 0.483. The minimum atomic E-state index is -0.996. The summed E-state index contributed by atoms with van der Waals surface area (Å²) in [4.78, 5) is 25.9. The average Bonchev–Trinajstić information content (AvgIpc) is 2.67. The molecule has 2 aromatic carbocycles. The summed E-state index contributed by atoms with van der Waals surface area (Å²) in [5.41, 5.74) is 4.29. The van der Waals surface area contributed by atoms with Gasteiger partial charge < -0.3 is 19.6 Å². The zero-order valence-corrected chi connectivity index (χ0v) is 14.1. The molecule has 4 rings (SSSR count). The number of carboxylic acids is 1. The van der Waals surface area contributed by atoms with Crippen LogP contribution < -0.4 is 20.5 Å². The third-order valence-corrected chi connectivity index (χ3v) is 4.06. The van der Waals surface area contributed by atoms with E-state index >= 15 is 0 Å². The number of ether oxygens (including phenoxy) is 2. The summed E-state index contributed by atoms with van der Waals surface area (Å²) in [7, 11) is 0. The van der Waals surface area contributed by atoms with E-state index < -0.39 is 5.97 Å². The number of carbonyl (C=O) groups is 1. The molecule has 2 heterocycles. The van der Waals surface area contributed by atoms with Crippen molar-refractivity contribution >= 4 is 28.8 Å². The van der Waals surface area contributed by atoms with Gasteiger partial charge in [0.25, 0.3) is 5.56 Å². The zero-order chi connectivity index (χ0) is 18.8. The molecule has 0 aliphatic carbocycles. The number of nitrogens with zero attached hydrogens (tertiary/aromatic N) is 1. The Labute approximate surface area is 153 Å². The van der Waals surface area contributed by atoms with Crippen LogP contribution in [0.3, 0.4) is 0 Å². The average molecular weight is 365 g/mol. The predicted octanol–water partition coefficient (Wildman–Crippen LogP) is 2.44. The number of anilines is 1. The van der Waals surface area contributed by atoms with E-state index in [1.54, 1.807) is 24.3 Å². The molecule has 0 amide bonds. The van der Waals surface area contributed by atoms with Crippen molar-refractivity contribution < 1.29 is 19.4 Å². The molecule has 136 valence electrons. The Kier molecular flexibility index (Phi) is 4.21. The first kappa shape index (κ1) is 16.6. The molecule has 0 saturated heterocycles. The van der Waals surface area contributed by atoms with Crippen molar-refractivity contribution in [3.8, 4) is 11.5 Å². The second-order valence-corrected chi connectivity index (χ2v) is 5.89. The van der Waals surface area contributed by atoms with Crippen molar-refractivity contribution in [3.63, 3.8) is 0 Å². The van der Waals surface area contributed by atoms with E-state index in [0.29, 0.717) is 41.5 Å². The molecule has 0 saturated carbocycles. The summed E-state index contributed by atoms with van der Waals surface area (Å²) in [6.07, 6.45) is 1.40. The number of hydrazone groups is 1. The number of hydrogen-bond acceptors (Lipinski definition) is 6. The standard InChI is InChI=1S/C19H15N3O5/c23-18-13(10-20-22-14-3-1-11(2-4-14)19(24)25)7-12-8-16-17(9-15(12)21-18)27-6-5-26-16/h1-4,7-10,22H,5-6H2,(H,21,23)(H,24,25). The maximum atomic E-state index is 12.3. The Bertz CT molecular complexity index is 1100. The van der Waals surface area contributed by atoms with E-state index in [2.05, 4.69) is 15.5 Å². The molecule has 0 unspecified atom stereocenters. The normalized spacial score (nSPS) is 13.0. The molecule has 0 bridgehead atoms. The van der Waals surface area contributed by atoms with Gasteiger partial charge in [-0.2, -0.15) is 5.10 Å². The van der Waals surface area contributed by atoms with Crippen LogP contribution in [0.15, 0.2) is 52.4 Å². The minimum absolute atomic E-state index is 0.185. The van der Waals surface area contributed by atoms with Crippen molar-refractivity contribution in [2.75, 3.05) is 18.6 Å². The van der Waals surface area contributed by atoms with Crippen LogP contribution in [0, 0.1) is 0 Å². The molecular weight excluding hydrogens is 350 g/mol. The molecular formula is C19H15N3O5. The van der Waals surface area contributed by atoms with Gasteiger partial charge in [-0.3, -0.25) is 10.2 Å². The Morgan fingerprint density at radius 2 is 1.81 bits per heavy atom. The van der Waals surface area contributed by atoms with Crippen LogP contribution in [-0.2, 0) is 0 Å². The molecule has 1 aliphatic heterocycles. The summed E-state index contributed by atoms with van der Waals surface area (Å²) in [6.45, 7) is 0.966. The zero-order valence-electron chi connectivity index (χ0n) is 14.1. The number of aromatic amines is 1. The summed E-state index contributed by atoms with van der Waals surface area (Å²) < 4.78 is 11.1. The van der Waals surface area contributed by atoms with E-state index in [9.17, 15) is 9.59 Å². The largest absolute Gasteiger partial charge is 0.486 e. The third kappa shape index (κ3) is 3.45. The molecule has 8 heteroatoms. The fraction of sp³-hybridized carbons (Fsp3) is 0.105. The number of nitrogens with one attached hydrogen (secondary N) is 2. The number of pyridine rings is 1. The van der Waals surface area contributed by atoms with Gasteiger partial charge in [0.2, 0.25) is 0 Å². The van der Waals surface area contributed by atoms with Gasteiger partial charge in [-0.25, -0.2) is 4.79 Å². The minimum Gasteiger partial charge on any atom is -0.486 e. The molecule has 1 aromatic heterocycles. The van der Waals surface area contributed by atoms with Crippen LogP contribution in [0.2, 0.25) is 0 Å². The van der Waals surface area contributed by atoms with Gasteiger partial charge in [0.1, 0.15) is 13.2 Å². The van der Waals surface area contributed by atoms with Crippen molar-refractivity contribution in [1.29, 1.82) is 0 Å². The molecule has 27 heavy (non-hydrogen) atoms. The molecule has 3 aromatic rings. The molecule has 0 atom stereocenters. The summed E-state index contributed by atoms with van der Waals surface area (Å²) in [5, 5.41) is 13.7. The first-order valence-corrected chi connectivity index (χ1v) is 8.19. The van der Waals surface area contributed by atoms with Crippen molar-refractivity contribution in [2.45, 2.75) is 0 Å². The van der Waals surface area contributed by atoms with E-state index in [1.165, 1.54) is 18.3 Å². The van der Waals surface area contributed by atoms with Crippen LogP contribution in [-0.4, -0.2) is 35.5 Å². The Hall–Kier alpha value is -3.81. The van der Waals surface area contributed by atoms with E-state index in [4.69, 9.17) is 14.6 Å². The lowest BCUT2D eigenvalue weighted by Gasteiger charge is -2.18. The van der Waals surface area contributed by atoms with Crippen LogP contribution in [0.25, 0.3) is 10.9 Å². The topological polar surface area (TPSA) is 113 Å². The van der Waals surface area contributed by atoms with Gasteiger partial charge in [-0.1, -0.05) is 0 Å². The van der Waals surface area contributed by atoms with E-state index in [1.807, 2.05) is 6.07 Å². The Morgan fingerprint density at radius 3 is 2.52 bits per heavy atom. The maximum absolute atomic E-state index is 12.3. The second-order valence-electron chi connectivity index (χ2n) is 5.89. The predicted molar refractivity (Wildman–Crippen MR) is 100 cm³/mol. The fourth-order valence-electron chi connectivity index (χ4n) is 2.72. The summed E-state index contributed by atoms with van der Waals surface area (Å²) in [5.74, 6) is 0.252. The molecule has 0 radical (unpaired) electrons. The first-order chi connectivity index (χ1) is 13.1. The highest BCUT2D eigenvalue weighted by atomic mass is 16.6. The van der Waals surface area contributed by atoms with Crippen LogP contribution in [0.5, 0.6) is 11.5 Å². The number of H-pyrrole nitrogens is 1. The van der Waals surface area contributed by atoms with Gasteiger partial charge in [-0.05, 0) is 36.4 Å². The number of aromatic carboxylic acids is 1. The van der Waals surface area contributed by atoms with Crippen LogP contribution in [0.4, 0.5) is 5.69 Å². The molecule has 1 aliphatic rings. The van der Waals surface area contributed by atoms with Crippen LogP contribution in [0.1, 0.15) is 15.9 Å². The number of rotatable bonds is 4.